The smallest absolute Gasteiger partial charge is 0.410 e. The SMILES string of the molecule is CC(C)(C)OC(=O)N1CCN(C(=O)c2cccc(S)c2)CC1. The lowest BCUT2D eigenvalue weighted by Crippen LogP contribution is -2.51. The number of benzene rings is 1. The van der Waals surface area contributed by atoms with Crippen LogP contribution in [-0.2, 0) is 4.74 Å². The first-order chi connectivity index (χ1) is 10.3. The minimum atomic E-state index is -0.503. The van der Waals surface area contributed by atoms with Crippen LogP contribution in [0.1, 0.15) is 31.1 Å². The fraction of sp³-hybridized carbons (Fsp3) is 0.500. The molecule has 0 radical (unpaired) electrons. The number of thiol groups is 1. The number of amides is 2. The molecule has 0 spiro atoms. The van der Waals surface area contributed by atoms with Gasteiger partial charge in [-0.3, -0.25) is 4.79 Å². The van der Waals surface area contributed by atoms with Crippen LogP contribution >= 0.6 is 12.6 Å². The first kappa shape index (κ1) is 16.7. The van der Waals surface area contributed by atoms with Crippen molar-refractivity contribution in [3.63, 3.8) is 0 Å². The molecule has 2 rings (SSSR count). The van der Waals surface area contributed by atoms with Crippen LogP contribution in [0, 0.1) is 0 Å². The second-order valence-electron chi connectivity index (χ2n) is 6.31. The molecule has 1 saturated heterocycles. The van der Waals surface area contributed by atoms with Crippen molar-refractivity contribution >= 4 is 24.6 Å². The van der Waals surface area contributed by atoms with E-state index in [4.69, 9.17) is 4.74 Å². The Bertz CT molecular complexity index is 561. The quantitative estimate of drug-likeness (QED) is 0.809. The Morgan fingerprint density at radius 3 is 2.23 bits per heavy atom. The van der Waals surface area contributed by atoms with Gasteiger partial charge in [0.2, 0.25) is 0 Å². The van der Waals surface area contributed by atoms with Crippen LogP contribution in [0.15, 0.2) is 29.2 Å². The zero-order chi connectivity index (χ0) is 16.3. The summed E-state index contributed by atoms with van der Waals surface area (Å²) in [5.74, 6) is -0.0280. The molecule has 1 heterocycles. The number of hydrogen-bond acceptors (Lipinski definition) is 4. The van der Waals surface area contributed by atoms with E-state index in [0.717, 1.165) is 4.90 Å². The van der Waals surface area contributed by atoms with Crippen LogP contribution in [0.5, 0.6) is 0 Å². The largest absolute Gasteiger partial charge is 0.444 e. The van der Waals surface area contributed by atoms with E-state index in [1.807, 2.05) is 32.9 Å². The number of ether oxygens (including phenoxy) is 1. The molecule has 0 atom stereocenters. The van der Waals surface area contributed by atoms with Gasteiger partial charge in [0.1, 0.15) is 5.60 Å². The topological polar surface area (TPSA) is 49.9 Å². The second kappa shape index (κ2) is 6.60. The first-order valence-electron chi connectivity index (χ1n) is 7.32. The van der Waals surface area contributed by atoms with Crippen molar-refractivity contribution in [2.45, 2.75) is 31.3 Å². The summed E-state index contributed by atoms with van der Waals surface area (Å²) in [6.07, 6.45) is -0.322. The molecule has 1 fully saturated rings. The molecule has 120 valence electrons. The summed E-state index contributed by atoms with van der Waals surface area (Å²) in [5, 5.41) is 0. The van der Waals surface area contributed by atoms with Crippen LogP contribution in [0.4, 0.5) is 4.79 Å². The molecule has 0 unspecified atom stereocenters. The Balaban J connectivity index is 1.92. The van der Waals surface area contributed by atoms with E-state index in [-0.39, 0.29) is 12.0 Å². The van der Waals surface area contributed by atoms with Gasteiger partial charge in [-0.25, -0.2) is 4.79 Å². The number of rotatable bonds is 1. The second-order valence-corrected chi connectivity index (χ2v) is 6.83. The Kier molecular flexibility index (Phi) is 5.01. The third-order valence-electron chi connectivity index (χ3n) is 3.31. The van der Waals surface area contributed by atoms with Crippen molar-refractivity contribution in [1.82, 2.24) is 9.80 Å². The van der Waals surface area contributed by atoms with E-state index in [1.165, 1.54) is 0 Å². The minimum absolute atomic E-state index is 0.0280. The minimum Gasteiger partial charge on any atom is -0.444 e. The van der Waals surface area contributed by atoms with E-state index < -0.39 is 5.60 Å². The first-order valence-corrected chi connectivity index (χ1v) is 7.77. The molecular formula is C16H22N2O3S. The Hall–Kier alpha value is -1.69. The average Bonchev–Trinajstić information content (AvgIpc) is 2.45. The molecule has 1 aromatic rings. The van der Waals surface area contributed by atoms with Crippen LogP contribution in [0.3, 0.4) is 0 Å². The molecule has 1 aliphatic rings. The molecule has 22 heavy (non-hydrogen) atoms. The highest BCUT2D eigenvalue weighted by Crippen LogP contribution is 2.15. The van der Waals surface area contributed by atoms with Crippen molar-refractivity contribution in [3.8, 4) is 0 Å². The lowest BCUT2D eigenvalue weighted by molar-refractivity contribution is 0.0141. The van der Waals surface area contributed by atoms with Gasteiger partial charge in [0.05, 0.1) is 0 Å². The summed E-state index contributed by atoms with van der Waals surface area (Å²) < 4.78 is 5.35. The summed E-state index contributed by atoms with van der Waals surface area (Å²) in [4.78, 5) is 28.6. The fourth-order valence-corrected chi connectivity index (χ4v) is 2.47. The van der Waals surface area contributed by atoms with Crippen LogP contribution < -0.4 is 0 Å². The van der Waals surface area contributed by atoms with Gasteiger partial charge in [0.25, 0.3) is 5.91 Å². The molecule has 5 nitrogen and oxygen atoms in total. The predicted octanol–water partition coefficient (Wildman–Crippen LogP) is 2.67. The molecule has 6 heteroatoms. The third kappa shape index (κ3) is 4.40. The normalized spacial score (nSPS) is 15.6. The highest BCUT2D eigenvalue weighted by atomic mass is 32.1. The van der Waals surface area contributed by atoms with E-state index in [0.29, 0.717) is 31.7 Å². The van der Waals surface area contributed by atoms with E-state index in [2.05, 4.69) is 12.6 Å². The lowest BCUT2D eigenvalue weighted by atomic mass is 10.2. The van der Waals surface area contributed by atoms with Crippen molar-refractivity contribution < 1.29 is 14.3 Å². The fourth-order valence-electron chi connectivity index (χ4n) is 2.24. The number of piperazine rings is 1. The Morgan fingerprint density at radius 2 is 1.68 bits per heavy atom. The highest BCUT2D eigenvalue weighted by molar-refractivity contribution is 7.80. The molecule has 1 aliphatic heterocycles. The van der Waals surface area contributed by atoms with E-state index in [9.17, 15) is 9.59 Å². The zero-order valence-corrected chi connectivity index (χ0v) is 14.1. The monoisotopic (exact) mass is 322 g/mol. The van der Waals surface area contributed by atoms with Crippen LogP contribution in [0.2, 0.25) is 0 Å². The Morgan fingerprint density at radius 1 is 1.09 bits per heavy atom. The van der Waals surface area contributed by atoms with Gasteiger partial charge >= 0.3 is 6.09 Å². The van der Waals surface area contributed by atoms with E-state index in [1.54, 1.807) is 21.9 Å². The van der Waals surface area contributed by atoms with E-state index >= 15 is 0 Å². The molecule has 2 amide bonds. The van der Waals surface area contributed by atoms with Gasteiger partial charge in [0.15, 0.2) is 0 Å². The highest BCUT2D eigenvalue weighted by Gasteiger charge is 2.28. The number of carbonyl (C=O) groups is 2. The lowest BCUT2D eigenvalue weighted by Gasteiger charge is -2.35. The van der Waals surface area contributed by atoms with Crippen LogP contribution in [0.25, 0.3) is 0 Å². The average molecular weight is 322 g/mol. The molecule has 0 bridgehead atoms. The maximum absolute atomic E-state index is 12.4. The van der Waals surface area contributed by atoms with Gasteiger partial charge in [-0.05, 0) is 39.0 Å². The summed E-state index contributed by atoms with van der Waals surface area (Å²) in [7, 11) is 0. The zero-order valence-electron chi connectivity index (χ0n) is 13.2. The number of hydrogen-bond donors (Lipinski definition) is 1. The van der Waals surface area contributed by atoms with Crippen molar-refractivity contribution in [3.05, 3.63) is 29.8 Å². The summed E-state index contributed by atoms with van der Waals surface area (Å²) in [6.45, 7) is 7.52. The van der Waals surface area contributed by atoms with Gasteiger partial charge in [-0.15, -0.1) is 12.6 Å². The van der Waals surface area contributed by atoms with Crippen molar-refractivity contribution in [2.75, 3.05) is 26.2 Å². The van der Waals surface area contributed by atoms with Gasteiger partial charge in [0, 0.05) is 36.6 Å². The summed E-state index contributed by atoms with van der Waals surface area (Å²) >= 11 is 4.25. The molecule has 0 saturated carbocycles. The molecule has 0 aromatic heterocycles. The third-order valence-corrected chi connectivity index (χ3v) is 3.59. The molecule has 1 aromatic carbocycles. The maximum Gasteiger partial charge on any atom is 0.410 e. The molecular weight excluding hydrogens is 300 g/mol. The summed E-state index contributed by atoms with van der Waals surface area (Å²) in [6, 6.07) is 7.18. The van der Waals surface area contributed by atoms with Gasteiger partial charge in [-0.2, -0.15) is 0 Å². The molecule has 0 N–H and O–H groups in total. The maximum atomic E-state index is 12.4. The predicted molar refractivity (Wildman–Crippen MR) is 87.4 cm³/mol. The number of carbonyl (C=O) groups excluding carboxylic acids is 2. The Labute approximate surface area is 136 Å². The van der Waals surface area contributed by atoms with Crippen LogP contribution in [-0.4, -0.2) is 53.6 Å². The standard InChI is InChI=1S/C16H22N2O3S/c1-16(2,3)21-15(20)18-9-7-17(8-10-18)14(19)12-5-4-6-13(22)11-12/h4-6,11,22H,7-10H2,1-3H3. The van der Waals surface area contributed by atoms with Gasteiger partial charge in [-0.1, -0.05) is 6.07 Å². The van der Waals surface area contributed by atoms with Crippen molar-refractivity contribution in [2.24, 2.45) is 0 Å². The summed E-state index contributed by atoms with van der Waals surface area (Å²) in [5.41, 5.74) is 0.120. The van der Waals surface area contributed by atoms with Crippen molar-refractivity contribution in [1.29, 1.82) is 0 Å². The number of nitrogens with zero attached hydrogens (tertiary/aromatic N) is 2. The molecule has 0 aliphatic carbocycles. The van der Waals surface area contributed by atoms with Gasteiger partial charge < -0.3 is 14.5 Å².